The normalized spacial score (nSPS) is 10.5. The van der Waals surface area contributed by atoms with Crippen molar-refractivity contribution >= 4 is 5.78 Å². The van der Waals surface area contributed by atoms with E-state index in [1.165, 1.54) is 0 Å². The number of carbonyl (C=O) groups is 1. The van der Waals surface area contributed by atoms with Crippen LogP contribution in [0.15, 0.2) is 12.1 Å². The summed E-state index contributed by atoms with van der Waals surface area (Å²) in [4.78, 5) is 12.5. The minimum atomic E-state index is -2.10. The van der Waals surface area contributed by atoms with Crippen molar-refractivity contribution in [2.24, 2.45) is 0 Å². The van der Waals surface area contributed by atoms with Crippen molar-refractivity contribution in [3.05, 3.63) is 75.2 Å². The van der Waals surface area contributed by atoms with Crippen LogP contribution in [0.1, 0.15) is 27.2 Å². The number of carbonyl (C=O) groups excluding carboxylic acids is 1. The van der Waals surface area contributed by atoms with E-state index in [2.05, 4.69) is 5.10 Å². The fraction of sp³-hybridized carbons (Fsp3) is 0.0556. The van der Waals surface area contributed by atoms with Crippen LogP contribution in [0, 0.1) is 59.0 Å². The average molecular weight is 493 g/mol. The Morgan fingerprint density at radius 1 is 0.968 bits per heavy atom. The van der Waals surface area contributed by atoms with Crippen molar-refractivity contribution in [2.75, 3.05) is 0 Å². The molecule has 1 aromatic heterocycles. The Balaban J connectivity index is 0.00000341. The van der Waals surface area contributed by atoms with E-state index in [4.69, 9.17) is 5.26 Å². The number of aryl methyl sites for hydroxylation is 1. The van der Waals surface area contributed by atoms with Gasteiger partial charge in [0.15, 0.2) is 40.7 Å². The zero-order valence-corrected chi connectivity index (χ0v) is 15.7. The van der Waals surface area contributed by atoms with Crippen LogP contribution in [-0.2, 0) is 17.1 Å². The van der Waals surface area contributed by atoms with Crippen LogP contribution in [0.2, 0.25) is 0 Å². The van der Waals surface area contributed by atoms with E-state index in [1.807, 2.05) is 0 Å². The first-order valence-corrected chi connectivity index (χ1v) is 7.75. The zero-order valence-electron chi connectivity index (χ0n) is 14.8. The number of aromatic hydroxyl groups is 1. The van der Waals surface area contributed by atoms with Crippen molar-refractivity contribution < 1.29 is 57.7 Å². The summed E-state index contributed by atoms with van der Waals surface area (Å²) in [5.74, 6) is -16.3. The van der Waals surface area contributed by atoms with Gasteiger partial charge in [0.25, 0.3) is 0 Å². The Kier molecular flexibility index (Phi) is 6.49. The van der Waals surface area contributed by atoms with Gasteiger partial charge in [-0.05, 0) is 19.1 Å². The van der Waals surface area contributed by atoms with Crippen LogP contribution >= 0.6 is 0 Å². The molecule has 0 bridgehead atoms. The maximum atomic E-state index is 14.2. The number of nitrogens with zero attached hydrogens (tertiary/aromatic N) is 3. The van der Waals surface area contributed by atoms with Crippen LogP contribution < -0.4 is 0 Å². The van der Waals surface area contributed by atoms with Gasteiger partial charge in [-0.15, -0.1) is 0 Å². The van der Waals surface area contributed by atoms with Gasteiger partial charge in [-0.1, -0.05) is 0 Å². The summed E-state index contributed by atoms with van der Waals surface area (Å²) in [6.07, 6.45) is 0. The molecular weight excluding hydrogens is 487 g/mol. The summed E-state index contributed by atoms with van der Waals surface area (Å²) in [7, 11) is 0. The molecule has 0 saturated carbocycles. The van der Waals surface area contributed by atoms with Crippen LogP contribution in [0.3, 0.4) is 0 Å². The van der Waals surface area contributed by atoms with Gasteiger partial charge in [0, 0.05) is 22.6 Å². The minimum absolute atomic E-state index is 0. The van der Waals surface area contributed by atoms with Gasteiger partial charge in [-0.2, -0.15) is 15.0 Å². The summed E-state index contributed by atoms with van der Waals surface area (Å²) < 4.78 is 96.0. The molecule has 3 rings (SSSR count). The molecule has 1 heterocycles. The molecule has 0 saturated heterocycles. The molecule has 0 aliphatic heterocycles. The SMILES string of the molecule is Cc1nn(-c2c(F)c(F)c(C#N)c(F)c2F)c(O)c1C(=O)c1cc(F)c(F)c(F)c1.[Cu]. The van der Waals surface area contributed by atoms with E-state index >= 15 is 0 Å². The molecular formula is C18H6CuF7N3O2. The van der Waals surface area contributed by atoms with Crippen molar-refractivity contribution in [1.82, 2.24) is 9.78 Å². The average Bonchev–Trinajstić information content (AvgIpc) is 2.98. The molecule has 1 N–H and O–H groups in total. The van der Waals surface area contributed by atoms with Crippen LogP contribution in [0.25, 0.3) is 5.69 Å². The largest absolute Gasteiger partial charge is 0.493 e. The molecule has 0 unspecified atom stereocenters. The van der Waals surface area contributed by atoms with Gasteiger partial charge in [0.2, 0.25) is 11.7 Å². The molecule has 0 aliphatic rings. The molecule has 0 fully saturated rings. The van der Waals surface area contributed by atoms with E-state index in [1.54, 1.807) is 0 Å². The summed E-state index contributed by atoms with van der Waals surface area (Å²) >= 11 is 0. The molecule has 0 aliphatic carbocycles. The number of hydrogen-bond donors (Lipinski definition) is 1. The molecule has 2 aromatic carbocycles. The number of ketones is 1. The van der Waals surface area contributed by atoms with Gasteiger partial charge < -0.3 is 5.11 Å². The predicted molar refractivity (Wildman–Crippen MR) is 84.3 cm³/mol. The molecule has 5 nitrogen and oxygen atoms in total. The monoisotopic (exact) mass is 492 g/mol. The van der Waals surface area contributed by atoms with Crippen LogP contribution in [0.5, 0.6) is 5.88 Å². The van der Waals surface area contributed by atoms with Crippen molar-refractivity contribution in [3.63, 3.8) is 0 Å². The second-order valence-electron chi connectivity index (χ2n) is 5.87. The number of nitriles is 1. The van der Waals surface area contributed by atoms with Gasteiger partial charge in [-0.3, -0.25) is 4.79 Å². The molecule has 0 atom stereocenters. The number of halogens is 7. The van der Waals surface area contributed by atoms with Crippen molar-refractivity contribution in [2.45, 2.75) is 6.92 Å². The van der Waals surface area contributed by atoms with E-state index in [-0.39, 0.29) is 21.8 Å². The molecule has 3 aromatic rings. The number of aromatic nitrogens is 2. The van der Waals surface area contributed by atoms with E-state index in [0.29, 0.717) is 12.1 Å². The maximum absolute atomic E-state index is 14.2. The van der Waals surface area contributed by atoms with Crippen molar-refractivity contribution in [1.29, 1.82) is 5.26 Å². The Morgan fingerprint density at radius 2 is 1.45 bits per heavy atom. The summed E-state index contributed by atoms with van der Waals surface area (Å²) in [5, 5.41) is 22.3. The molecule has 13 heteroatoms. The Labute approximate surface area is 178 Å². The van der Waals surface area contributed by atoms with E-state index < -0.39 is 80.5 Å². The Hall–Kier alpha value is -3.36. The fourth-order valence-electron chi connectivity index (χ4n) is 2.67. The molecule has 0 amide bonds. The minimum Gasteiger partial charge on any atom is -0.493 e. The number of benzene rings is 2. The number of rotatable bonds is 3. The topological polar surface area (TPSA) is 78.9 Å². The third-order valence-electron chi connectivity index (χ3n) is 4.07. The summed E-state index contributed by atoms with van der Waals surface area (Å²) in [5.41, 5.74) is -5.22. The molecule has 165 valence electrons. The van der Waals surface area contributed by atoms with Crippen molar-refractivity contribution in [3.8, 4) is 17.6 Å². The first kappa shape index (κ1) is 23.9. The fourth-order valence-corrected chi connectivity index (χ4v) is 2.67. The zero-order chi connectivity index (χ0) is 22.5. The molecule has 0 spiro atoms. The van der Waals surface area contributed by atoms with E-state index in [9.17, 15) is 40.6 Å². The molecule has 31 heavy (non-hydrogen) atoms. The quantitative estimate of drug-likeness (QED) is 0.197. The van der Waals surface area contributed by atoms with E-state index in [0.717, 1.165) is 13.0 Å². The second kappa shape index (κ2) is 8.41. The Bertz CT molecular complexity index is 1230. The Morgan fingerprint density at radius 3 is 1.90 bits per heavy atom. The second-order valence-corrected chi connectivity index (χ2v) is 5.87. The van der Waals surface area contributed by atoms with Crippen LogP contribution in [-0.4, -0.2) is 20.7 Å². The summed E-state index contributed by atoms with van der Waals surface area (Å²) in [6.45, 7) is 1.03. The maximum Gasteiger partial charge on any atom is 0.226 e. The van der Waals surface area contributed by atoms with Crippen LogP contribution in [0.4, 0.5) is 30.7 Å². The number of hydrogen-bond acceptors (Lipinski definition) is 4. The first-order chi connectivity index (χ1) is 14.0. The first-order valence-electron chi connectivity index (χ1n) is 7.75. The third kappa shape index (κ3) is 3.64. The smallest absolute Gasteiger partial charge is 0.226 e. The van der Waals surface area contributed by atoms with Gasteiger partial charge in [-0.25, -0.2) is 30.7 Å². The van der Waals surface area contributed by atoms with Gasteiger partial charge in [0.1, 0.15) is 22.9 Å². The molecule has 1 radical (unpaired) electrons. The predicted octanol–water partition coefficient (Wildman–Crippen LogP) is 3.96. The third-order valence-corrected chi connectivity index (χ3v) is 4.07. The van der Waals surface area contributed by atoms with Gasteiger partial charge in [0.05, 0.1) is 5.69 Å². The summed E-state index contributed by atoms with van der Waals surface area (Å²) in [6, 6.07) is 1.54. The standard InChI is InChI=1S/C18H6F7N3O2.Cu/c1-5-10(17(29)6-2-8(19)13(23)9(20)3-6)18(30)28(27-5)16-14(24)11(21)7(4-26)12(22)15(16)25;/h2-3,30H,1H3;. The van der Waals surface area contributed by atoms with Gasteiger partial charge >= 0.3 is 0 Å².